The van der Waals surface area contributed by atoms with Gasteiger partial charge in [0, 0.05) is 10.3 Å². The molecule has 0 aliphatic heterocycles. The van der Waals surface area contributed by atoms with Gasteiger partial charge in [-0.15, -0.1) is 11.3 Å². The smallest absolute Gasteiger partial charge is 0.122 e. The monoisotopic (exact) mass is 448 g/mol. The van der Waals surface area contributed by atoms with Crippen molar-refractivity contribution in [1.82, 2.24) is 0 Å². The minimum Gasteiger partial charge on any atom is -0.488 e. The van der Waals surface area contributed by atoms with Crippen molar-refractivity contribution in [3.63, 3.8) is 0 Å². The van der Waals surface area contributed by atoms with Crippen molar-refractivity contribution in [3.05, 3.63) is 80.7 Å². The van der Waals surface area contributed by atoms with Crippen LogP contribution in [-0.2, 0) is 6.61 Å². The largest absolute Gasteiger partial charge is 0.488 e. The molecular formula is C27H28O2S2. The third-order valence-electron chi connectivity index (χ3n) is 4.35. The summed E-state index contributed by atoms with van der Waals surface area (Å²) in [5.41, 5.74) is 4.45. The van der Waals surface area contributed by atoms with Gasteiger partial charge in [0.05, 0.1) is 6.61 Å². The van der Waals surface area contributed by atoms with Gasteiger partial charge in [-0.25, -0.2) is 0 Å². The highest BCUT2D eigenvalue weighted by molar-refractivity contribution is 7.10. The highest BCUT2D eigenvalue weighted by Gasteiger charge is 2.05. The highest BCUT2D eigenvalue weighted by atomic mass is 32.1. The van der Waals surface area contributed by atoms with E-state index in [4.69, 9.17) is 4.74 Å². The summed E-state index contributed by atoms with van der Waals surface area (Å²) < 4.78 is 6.01. The van der Waals surface area contributed by atoms with Crippen LogP contribution < -0.4 is 4.74 Å². The van der Waals surface area contributed by atoms with Crippen molar-refractivity contribution in [2.45, 2.75) is 33.8 Å². The summed E-state index contributed by atoms with van der Waals surface area (Å²) in [6.45, 7) is 6.82. The molecule has 3 rings (SSSR count). The van der Waals surface area contributed by atoms with Crippen LogP contribution in [0.4, 0.5) is 0 Å². The van der Waals surface area contributed by atoms with E-state index in [0.717, 1.165) is 16.9 Å². The Morgan fingerprint density at radius 1 is 1.13 bits per heavy atom. The van der Waals surface area contributed by atoms with Gasteiger partial charge in [0.15, 0.2) is 0 Å². The summed E-state index contributed by atoms with van der Waals surface area (Å²) in [4.78, 5) is 1.19. The van der Waals surface area contributed by atoms with Crippen LogP contribution in [0.5, 0.6) is 5.75 Å². The Kier molecular flexibility index (Phi) is 8.31. The Morgan fingerprint density at radius 2 is 2.00 bits per heavy atom. The van der Waals surface area contributed by atoms with Gasteiger partial charge in [-0.1, -0.05) is 36.1 Å². The second-order valence-electron chi connectivity index (χ2n) is 8.26. The molecule has 1 aromatic carbocycles. The molecule has 31 heavy (non-hydrogen) atoms. The zero-order chi connectivity index (χ0) is 22.1. The number of hydrogen-bond donors (Lipinski definition) is 1. The number of ether oxygens (including phenoxy) is 1. The van der Waals surface area contributed by atoms with E-state index < -0.39 is 0 Å². The van der Waals surface area contributed by atoms with Gasteiger partial charge in [0.2, 0.25) is 0 Å². The molecule has 0 atom stereocenters. The van der Waals surface area contributed by atoms with Crippen LogP contribution in [0.1, 0.15) is 37.6 Å². The first-order valence-corrected chi connectivity index (χ1v) is 12.1. The van der Waals surface area contributed by atoms with E-state index in [1.165, 1.54) is 16.0 Å². The molecule has 0 radical (unpaired) electrons. The molecule has 2 nitrogen and oxygen atoms in total. The lowest BCUT2D eigenvalue weighted by molar-refractivity contribution is 0.310. The molecule has 1 N–H and O–H groups in total. The third kappa shape index (κ3) is 7.88. The molecule has 0 bridgehead atoms. The van der Waals surface area contributed by atoms with E-state index in [0.29, 0.717) is 13.0 Å². The molecule has 0 amide bonds. The number of allylic oxidation sites excluding steroid dienone is 2. The molecule has 0 spiro atoms. The molecule has 2 heterocycles. The van der Waals surface area contributed by atoms with Gasteiger partial charge in [0.1, 0.15) is 12.4 Å². The molecule has 0 unspecified atom stereocenters. The van der Waals surface area contributed by atoms with E-state index in [2.05, 4.69) is 60.9 Å². The zero-order valence-corrected chi connectivity index (χ0v) is 19.9. The Hall–Kier alpha value is -2.58. The van der Waals surface area contributed by atoms with Crippen molar-refractivity contribution in [1.29, 1.82) is 0 Å². The van der Waals surface area contributed by atoms with Crippen molar-refractivity contribution in [2.24, 2.45) is 5.41 Å². The Morgan fingerprint density at radius 3 is 2.74 bits per heavy atom. The van der Waals surface area contributed by atoms with Crippen LogP contribution in [0, 0.1) is 17.3 Å². The zero-order valence-electron chi connectivity index (χ0n) is 18.2. The third-order valence-corrected chi connectivity index (χ3v) is 5.94. The molecule has 0 aliphatic rings. The van der Waals surface area contributed by atoms with E-state index in [1.54, 1.807) is 22.7 Å². The predicted octanol–water partition coefficient (Wildman–Crippen LogP) is 7.43. The standard InChI is InChI=1S/C27H28O2S2/c1-27(2,3)12-6-4-5-8-22(17-28)14-21-9-7-10-25(15-21)29-18-26-16-24(20-31-26)23-11-13-30-19-23/h4-5,7,9-11,13-16,19-20,28H,8,17-18H2,1-3H3. The van der Waals surface area contributed by atoms with Crippen molar-refractivity contribution in [3.8, 4) is 28.7 Å². The van der Waals surface area contributed by atoms with Crippen LogP contribution in [0.15, 0.2) is 70.3 Å². The lowest BCUT2D eigenvalue weighted by atomic mass is 9.98. The second kappa shape index (κ2) is 11.2. The molecule has 3 aromatic rings. The van der Waals surface area contributed by atoms with Crippen LogP contribution in [-0.4, -0.2) is 11.7 Å². The molecule has 160 valence electrons. The Bertz CT molecular complexity index is 1080. The van der Waals surface area contributed by atoms with E-state index in [1.807, 2.05) is 42.5 Å². The SMILES string of the molecule is CC(C)(C)C#CC=CCC(=Cc1cccc(OCc2cc(-c3ccsc3)cs2)c1)CO. The summed E-state index contributed by atoms with van der Waals surface area (Å²) in [5.74, 6) is 7.06. The van der Waals surface area contributed by atoms with Gasteiger partial charge in [-0.05, 0) is 95.9 Å². The van der Waals surface area contributed by atoms with E-state index >= 15 is 0 Å². The Balaban J connectivity index is 1.59. The van der Waals surface area contributed by atoms with E-state index in [9.17, 15) is 5.11 Å². The summed E-state index contributed by atoms with van der Waals surface area (Å²) in [6.07, 6.45) is 6.53. The summed E-state index contributed by atoms with van der Waals surface area (Å²) in [6, 6.07) is 12.3. The normalized spacial score (nSPS) is 12.1. The minimum absolute atomic E-state index is 0.00495. The van der Waals surface area contributed by atoms with Crippen molar-refractivity contribution >= 4 is 28.7 Å². The number of thiophene rings is 2. The number of aliphatic hydroxyl groups excluding tert-OH is 1. The van der Waals surface area contributed by atoms with Gasteiger partial charge >= 0.3 is 0 Å². The van der Waals surface area contributed by atoms with Crippen molar-refractivity contribution in [2.75, 3.05) is 6.61 Å². The topological polar surface area (TPSA) is 29.5 Å². The number of benzene rings is 1. The predicted molar refractivity (Wildman–Crippen MR) is 134 cm³/mol. The molecule has 2 aromatic heterocycles. The maximum atomic E-state index is 9.71. The van der Waals surface area contributed by atoms with Gasteiger partial charge < -0.3 is 9.84 Å². The van der Waals surface area contributed by atoms with E-state index in [-0.39, 0.29) is 12.0 Å². The van der Waals surface area contributed by atoms with Gasteiger partial charge in [0.25, 0.3) is 0 Å². The highest BCUT2D eigenvalue weighted by Crippen LogP contribution is 2.28. The summed E-state index contributed by atoms with van der Waals surface area (Å²) >= 11 is 3.43. The maximum Gasteiger partial charge on any atom is 0.122 e. The average molecular weight is 449 g/mol. The van der Waals surface area contributed by atoms with Crippen LogP contribution in [0.25, 0.3) is 17.2 Å². The maximum absolute atomic E-state index is 9.71. The quantitative estimate of drug-likeness (QED) is 0.363. The number of hydrogen-bond acceptors (Lipinski definition) is 4. The first kappa shape index (κ1) is 23.1. The molecule has 0 fully saturated rings. The average Bonchev–Trinajstić information content (AvgIpc) is 3.42. The molecule has 0 saturated heterocycles. The van der Waals surface area contributed by atoms with Crippen molar-refractivity contribution < 1.29 is 9.84 Å². The minimum atomic E-state index is -0.00495. The van der Waals surface area contributed by atoms with Gasteiger partial charge in [-0.3, -0.25) is 0 Å². The molecule has 0 aliphatic carbocycles. The fourth-order valence-electron chi connectivity index (χ4n) is 2.82. The second-order valence-corrected chi connectivity index (χ2v) is 10.0. The summed E-state index contributed by atoms with van der Waals surface area (Å²) in [5, 5.41) is 16.1. The Labute approximate surface area is 193 Å². The molecule has 4 heteroatoms. The summed E-state index contributed by atoms with van der Waals surface area (Å²) in [7, 11) is 0. The van der Waals surface area contributed by atoms with Crippen LogP contribution in [0.2, 0.25) is 0 Å². The number of rotatable bonds is 8. The molecule has 0 saturated carbocycles. The lowest BCUT2D eigenvalue weighted by Gasteiger charge is -2.07. The van der Waals surface area contributed by atoms with Crippen LogP contribution in [0.3, 0.4) is 0 Å². The van der Waals surface area contributed by atoms with Crippen LogP contribution >= 0.6 is 22.7 Å². The molecular weight excluding hydrogens is 420 g/mol. The fraction of sp³-hybridized carbons (Fsp3) is 0.259. The first-order valence-electron chi connectivity index (χ1n) is 10.2. The first-order chi connectivity index (χ1) is 14.9. The van der Waals surface area contributed by atoms with Gasteiger partial charge in [-0.2, -0.15) is 11.3 Å². The number of aliphatic hydroxyl groups is 1. The fourth-order valence-corrected chi connectivity index (χ4v) is 4.29. The lowest BCUT2D eigenvalue weighted by Crippen LogP contribution is -1.98.